The van der Waals surface area contributed by atoms with Crippen molar-refractivity contribution in [2.75, 3.05) is 13.1 Å². The van der Waals surface area contributed by atoms with Crippen LogP contribution in [0.25, 0.3) is 0 Å². The van der Waals surface area contributed by atoms with Crippen LogP contribution in [0.1, 0.15) is 87.7 Å². The molecule has 8 nitrogen and oxygen atoms in total. The predicted molar refractivity (Wildman–Crippen MR) is 174 cm³/mol. The molecule has 2 aromatic rings. The van der Waals surface area contributed by atoms with Gasteiger partial charge in [0.25, 0.3) is 5.91 Å². The van der Waals surface area contributed by atoms with E-state index in [1.165, 1.54) is 12.8 Å². The number of β-amino-alcohol motifs (C(OH)–C–C–N with tert-alkyl or cyclic N) is 1. The SMILES string of the molecule is CC[C@H](NC(=O)c1ccc(C)cc1)C(=O)NC(Cc1ccccc1)[C@H](O)CN1CC2CCCC[C@H]2C[C@H]1C(=O)NC(C)(C)C. The number of amides is 3. The van der Waals surface area contributed by atoms with E-state index in [9.17, 15) is 19.5 Å². The Kier molecular flexibility index (Phi) is 11.6. The number of nitrogens with one attached hydrogen (secondary N) is 3. The van der Waals surface area contributed by atoms with Crippen molar-refractivity contribution in [3.63, 3.8) is 0 Å². The van der Waals surface area contributed by atoms with Gasteiger partial charge in [0, 0.05) is 24.2 Å². The number of nitrogens with zero attached hydrogens (tertiary/aromatic N) is 1. The van der Waals surface area contributed by atoms with E-state index in [0.29, 0.717) is 30.2 Å². The van der Waals surface area contributed by atoms with Crippen molar-refractivity contribution in [1.29, 1.82) is 0 Å². The minimum Gasteiger partial charge on any atom is -0.390 e. The number of hydrogen-bond acceptors (Lipinski definition) is 5. The smallest absolute Gasteiger partial charge is 0.251 e. The Balaban J connectivity index is 1.51. The molecule has 1 saturated heterocycles. The summed E-state index contributed by atoms with van der Waals surface area (Å²) in [4.78, 5) is 42.2. The van der Waals surface area contributed by atoms with Crippen LogP contribution in [0, 0.1) is 18.8 Å². The number of carbonyl (C=O) groups is 3. The molecular weight excluding hydrogens is 552 g/mol. The Morgan fingerprint density at radius 3 is 2.25 bits per heavy atom. The second-order valence-electron chi connectivity index (χ2n) is 13.9. The maximum atomic E-state index is 13.6. The first-order valence-electron chi connectivity index (χ1n) is 16.4. The molecule has 2 fully saturated rings. The predicted octanol–water partition coefficient (Wildman–Crippen LogP) is 4.39. The number of aliphatic hydroxyl groups excluding tert-OH is 1. The summed E-state index contributed by atoms with van der Waals surface area (Å²) in [6, 6.07) is 15.3. The molecule has 240 valence electrons. The van der Waals surface area contributed by atoms with Crippen molar-refractivity contribution in [3.05, 3.63) is 71.3 Å². The zero-order chi connectivity index (χ0) is 31.9. The number of benzene rings is 2. The largest absolute Gasteiger partial charge is 0.390 e. The number of aryl methyl sites for hydroxylation is 1. The van der Waals surface area contributed by atoms with E-state index < -0.39 is 18.2 Å². The van der Waals surface area contributed by atoms with Gasteiger partial charge in [-0.25, -0.2) is 0 Å². The average Bonchev–Trinajstić information content (AvgIpc) is 2.99. The van der Waals surface area contributed by atoms with E-state index in [4.69, 9.17) is 0 Å². The van der Waals surface area contributed by atoms with Gasteiger partial charge in [-0.3, -0.25) is 19.3 Å². The molecule has 2 aliphatic rings. The molecule has 8 heteroatoms. The van der Waals surface area contributed by atoms with Gasteiger partial charge in [-0.2, -0.15) is 0 Å². The number of rotatable bonds is 11. The lowest BCUT2D eigenvalue weighted by Gasteiger charge is -2.47. The summed E-state index contributed by atoms with van der Waals surface area (Å²) in [5, 5.41) is 20.9. The molecule has 2 aromatic carbocycles. The summed E-state index contributed by atoms with van der Waals surface area (Å²) >= 11 is 0. The fourth-order valence-electron chi connectivity index (χ4n) is 6.73. The van der Waals surface area contributed by atoms with Crippen molar-refractivity contribution < 1.29 is 19.5 Å². The minimum absolute atomic E-state index is 0.00207. The van der Waals surface area contributed by atoms with Crippen molar-refractivity contribution in [1.82, 2.24) is 20.9 Å². The second kappa shape index (κ2) is 15.2. The van der Waals surface area contributed by atoms with Gasteiger partial charge in [0.1, 0.15) is 6.04 Å². The second-order valence-corrected chi connectivity index (χ2v) is 13.9. The molecule has 0 spiro atoms. The Labute approximate surface area is 263 Å². The van der Waals surface area contributed by atoms with Gasteiger partial charge < -0.3 is 21.1 Å². The summed E-state index contributed by atoms with van der Waals surface area (Å²) < 4.78 is 0. The van der Waals surface area contributed by atoms with E-state index >= 15 is 0 Å². The quantitative estimate of drug-likeness (QED) is 0.304. The van der Waals surface area contributed by atoms with Gasteiger partial charge in [0.15, 0.2) is 0 Å². The highest BCUT2D eigenvalue weighted by atomic mass is 16.3. The molecule has 1 aliphatic heterocycles. The summed E-state index contributed by atoms with van der Waals surface area (Å²) in [6.45, 7) is 10.8. The molecular formula is C36H52N4O4. The van der Waals surface area contributed by atoms with Crippen molar-refractivity contribution in [2.24, 2.45) is 11.8 Å². The Morgan fingerprint density at radius 2 is 1.61 bits per heavy atom. The van der Waals surface area contributed by atoms with Gasteiger partial charge in [-0.05, 0) is 82.9 Å². The molecule has 3 amide bonds. The summed E-state index contributed by atoms with van der Waals surface area (Å²) in [5.41, 5.74) is 2.18. The lowest BCUT2D eigenvalue weighted by Crippen LogP contribution is -2.61. The maximum Gasteiger partial charge on any atom is 0.251 e. The molecule has 4 N–H and O–H groups in total. The van der Waals surface area contributed by atoms with Crippen LogP contribution in [0.3, 0.4) is 0 Å². The minimum atomic E-state index is -0.922. The molecule has 0 bridgehead atoms. The normalized spacial score (nSPS) is 22.6. The third kappa shape index (κ3) is 9.38. The Hall–Kier alpha value is -3.23. The third-order valence-electron chi connectivity index (χ3n) is 9.16. The highest BCUT2D eigenvalue weighted by Gasteiger charge is 2.42. The van der Waals surface area contributed by atoms with E-state index in [1.807, 2.05) is 77.1 Å². The monoisotopic (exact) mass is 604 g/mol. The highest BCUT2D eigenvalue weighted by Crippen LogP contribution is 2.39. The molecule has 0 aromatic heterocycles. The van der Waals surface area contributed by atoms with Crippen LogP contribution in [-0.4, -0.2) is 70.6 Å². The summed E-state index contributed by atoms with van der Waals surface area (Å²) in [6.07, 6.45) is 5.41. The van der Waals surface area contributed by atoms with Crippen LogP contribution in [0.5, 0.6) is 0 Å². The number of fused-ring (bicyclic) bond motifs is 1. The van der Waals surface area contributed by atoms with Gasteiger partial charge in [0.05, 0.1) is 18.2 Å². The van der Waals surface area contributed by atoms with E-state index in [1.54, 1.807) is 12.1 Å². The van der Waals surface area contributed by atoms with Crippen LogP contribution in [0.15, 0.2) is 54.6 Å². The number of carbonyl (C=O) groups excluding carboxylic acids is 3. The van der Waals surface area contributed by atoms with Crippen molar-refractivity contribution >= 4 is 17.7 Å². The fourth-order valence-corrected chi connectivity index (χ4v) is 6.73. The standard InChI is InChI=1S/C36H52N4O4/c1-6-29(37-33(42)26-18-16-24(2)17-19-26)34(43)38-30(20-25-12-8-7-9-13-25)32(41)23-40-22-28-15-11-10-14-27(28)21-31(40)35(44)39-36(3,4)5/h7-9,12-13,16-19,27-32,41H,6,10-11,14-15,20-23H2,1-5H3,(H,37,42)(H,38,43)(H,39,44)/t27-,28?,29-,30?,31-,32+/m0/s1. The van der Waals surface area contributed by atoms with Crippen LogP contribution >= 0.6 is 0 Å². The average molecular weight is 605 g/mol. The molecule has 1 saturated carbocycles. The first kappa shape index (κ1) is 33.7. The summed E-state index contributed by atoms with van der Waals surface area (Å²) in [7, 11) is 0. The Bertz CT molecular complexity index is 1240. The van der Waals surface area contributed by atoms with Crippen LogP contribution < -0.4 is 16.0 Å². The van der Waals surface area contributed by atoms with Crippen LogP contribution in [0.4, 0.5) is 0 Å². The van der Waals surface area contributed by atoms with Crippen LogP contribution in [-0.2, 0) is 16.0 Å². The lowest BCUT2D eigenvalue weighted by atomic mass is 9.72. The molecule has 2 unspecified atom stereocenters. The number of aliphatic hydroxyl groups is 1. The highest BCUT2D eigenvalue weighted by molar-refractivity contribution is 5.97. The third-order valence-corrected chi connectivity index (χ3v) is 9.16. The number of hydrogen-bond donors (Lipinski definition) is 4. The van der Waals surface area contributed by atoms with Gasteiger partial charge in [-0.15, -0.1) is 0 Å². The number of piperidine rings is 1. The molecule has 6 atom stereocenters. The van der Waals surface area contributed by atoms with Gasteiger partial charge in [0.2, 0.25) is 11.8 Å². The first-order valence-corrected chi connectivity index (χ1v) is 16.4. The number of likely N-dealkylation sites (tertiary alicyclic amines) is 1. The van der Waals surface area contributed by atoms with Gasteiger partial charge in [-0.1, -0.05) is 74.2 Å². The molecule has 1 aliphatic carbocycles. The lowest BCUT2D eigenvalue weighted by molar-refractivity contribution is -0.133. The van der Waals surface area contributed by atoms with Crippen molar-refractivity contribution in [3.8, 4) is 0 Å². The molecule has 0 radical (unpaired) electrons. The summed E-state index contributed by atoms with van der Waals surface area (Å²) in [5.74, 6) is 0.395. The van der Waals surface area contributed by atoms with Crippen molar-refractivity contribution in [2.45, 2.75) is 109 Å². The zero-order valence-electron chi connectivity index (χ0n) is 27.1. The fraction of sp³-hybridized carbons (Fsp3) is 0.583. The molecule has 4 rings (SSSR count). The van der Waals surface area contributed by atoms with E-state index in [2.05, 4.69) is 20.9 Å². The maximum absolute atomic E-state index is 13.6. The van der Waals surface area contributed by atoms with Crippen LogP contribution in [0.2, 0.25) is 0 Å². The van der Waals surface area contributed by atoms with E-state index in [0.717, 1.165) is 36.9 Å². The van der Waals surface area contributed by atoms with E-state index in [-0.39, 0.29) is 35.8 Å². The first-order chi connectivity index (χ1) is 20.9. The molecule has 1 heterocycles. The van der Waals surface area contributed by atoms with Gasteiger partial charge >= 0.3 is 0 Å². The zero-order valence-corrected chi connectivity index (χ0v) is 27.1. The topological polar surface area (TPSA) is 111 Å². The molecule has 44 heavy (non-hydrogen) atoms. The Morgan fingerprint density at radius 1 is 0.955 bits per heavy atom.